The number of aliphatic hydroxyl groups excluding tert-OH is 13. The van der Waals surface area contributed by atoms with Gasteiger partial charge in [-0.2, -0.15) is 0 Å². The summed E-state index contributed by atoms with van der Waals surface area (Å²) in [6.07, 6.45) is -20.5. The lowest BCUT2D eigenvalue weighted by atomic mass is 9.38. The number of hydrogen-bond donors (Lipinski definition) is 13. The SMILES string of the molecule is CC(C)=CCC[C@](C)(O[C@@H]1O[C@H](CO)[C@@H](O)[C@H](O)[C@H]1O)[C@H]1CC(C)[C@]2(C)C3C[C@@H](O[C@@H]4O[C@H](CO)[C@@H](O)[C@H](O)[C@H]4O[C@@H]4O[C@H](CO)[C@@H](O)[C@H](O)[C@H]4O)C4C(C)(C)C(O)CC[C@]4(C)C3C[C@H](O)C12. The van der Waals surface area contributed by atoms with E-state index >= 15 is 0 Å². The van der Waals surface area contributed by atoms with E-state index in [1.807, 2.05) is 34.6 Å². The van der Waals surface area contributed by atoms with Crippen molar-refractivity contribution in [3.63, 3.8) is 0 Å². The molecule has 0 aromatic heterocycles. The predicted octanol–water partition coefficient (Wildman–Crippen LogP) is -1.20. The van der Waals surface area contributed by atoms with Gasteiger partial charge in [-0.25, -0.2) is 0 Å². The fraction of sp³-hybridized carbons (Fsp3) is 0.958. The average Bonchev–Trinajstić information content (AvgIpc) is 3.56. The molecule has 4 saturated carbocycles. The topological polar surface area (TPSA) is 318 Å². The highest BCUT2D eigenvalue weighted by Crippen LogP contribution is 2.73. The van der Waals surface area contributed by atoms with E-state index in [0.717, 1.165) is 5.57 Å². The number of allylic oxidation sites excluding steroid dienone is 2. The Kier molecular flexibility index (Phi) is 16.1. The molecular weight excluding hydrogens is 881 g/mol. The molecule has 0 aromatic rings. The van der Waals surface area contributed by atoms with Crippen molar-refractivity contribution < 1.29 is 94.8 Å². The molecule has 0 radical (unpaired) electrons. The molecule has 7 rings (SSSR count). The molecule has 4 aliphatic carbocycles. The molecule has 6 unspecified atom stereocenters. The Morgan fingerprint density at radius 1 is 0.657 bits per heavy atom. The number of ether oxygens (including phenoxy) is 6. The van der Waals surface area contributed by atoms with Crippen LogP contribution in [0.5, 0.6) is 0 Å². The Balaban J connectivity index is 1.26. The summed E-state index contributed by atoms with van der Waals surface area (Å²) in [7, 11) is 0. The number of hydrogen-bond acceptors (Lipinski definition) is 19. The fourth-order valence-electron chi connectivity index (χ4n) is 14.7. The first-order valence-corrected chi connectivity index (χ1v) is 24.5. The van der Waals surface area contributed by atoms with Gasteiger partial charge in [-0.05, 0) is 117 Å². The minimum absolute atomic E-state index is 0.0296. The molecule has 0 spiro atoms. The average molecular weight is 963 g/mol. The van der Waals surface area contributed by atoms with Crippen LogP contribution in [0.1, 0.15) is 100 Å². The molecule has 3 heterocycles. The van der Waals surface area contributed by atoms with Crippen LogP contribution in [-0.4, -0.2) is 202 Å². The fourth-order valence-corrected chi connectivity index (χ4v) is 14.7. The highest BCUT2D eigenvalue weighted by atomic mass is 16.8. The zero-order valence-corrected chi connectivity index (χ0v) is 40.3. The zero-order chi connectivity index (χ0) is 49.5. The van der Waals surface area contributed by atoms with Crippen LogP contribution in [0.25, 0.3) is 0 Å². The van der Waals surface area contributed by atoms with Crippen molar-refractivity contribution in [1.82, 2.24) is 0 Å². The maximum atomic E-state index is 12.7. The van der Waals surface area contributed by atoms with Crippen LogP contribution in [0.2, 0.25) is 0 Å². The van der Waals surface area contributed by atoms with E-state index in [4.69, 9.17) is 28.4 Å². The van der Waals surface area contributed by atoms with Gasteiger partial charge in [0.2, 0.25) is 0 Å². The van der Waals surface area contributed by atoms with Gasteiger partial charge >= 0.3 is 0 Å². The summed E-state index contributed by atoms with van der Waals surface area (Å²) in [4.78, 5) is 0. The standard InChI is InChI=1S/C48H82O19/c1-20(2)10-9-12-47(7,67-43-39(61)36(58)33(55)28(18-50)64-43)24-14-21(3)48(8)23-16-26(41-45(4,5)30(53)11-13-46(41,6)22(23)15-25(52)31(24)48)62-44-40(37(59)34(56)29(19-51)65-44)66-42-38(60)35(57)32(54)27(17-49)63-42/h10,21-44,49-61H,9,11-19H2,1-8H3/t21?,22?,23?,24-,25-,26+,27+,28+,29+,30?,31?,32+,33+,34+,35-,36-,37-,38+,39+,40+,41?,42-,43-,44+,46+,47-,48+/m0/s1. The van der Waals surface area contributed by atoms with Crippen LogP contribution in [0, 0.1) is 51.8 Å². The summed E-state index contributed by atoms with van der Waals surface area (Å²) >= 11 is 0. The van der Waals surface area contributed by atoms with E-state index < -0.39 is 152 Å². The summed E-state index contributed by atoms with van der Waals surface area (Å²) in [5, 5.41) is 142. The molecule has 7 fully saturated rings. The molecule has 7 aliphatic rings. The third-order valence-corrected chi connectivity index (χ3v) is 18.5. The second-order valence-electron chi connectivity index (χ2n) is 22.9. The largest absolute Gasteiger partial charge is 0.394 e. The highest BCUT2D eigenvalue weighted by Gasteiger charge is 2.71. The van der Waals surface area contributed by atoms with Gasteiger partial charge in [-0.3, -0.25) is 0 Å². The Labute approximate surface area is 393 Å². The lowest BCUT2D eigenvalue weighted by Crippen LogP contribution is -2.69. The van der Waals surface area contributed by atoms with E-state index in [1.165, 1.54) is 0 Å². The van der Waals surface area contributed by atoms with Gasteiger partial charge in [-0.15, -0.1) is 0 Å². The van der Waals surface area contributed by atoms with Crippen molar-refractivity contribution in [3.8, 4) is 0 Å². The first-order chi connectivity index (χ1) is 31.3. The number of rotatable bonds is 13. The number of aliphatic hydroxyl groups is 13. The minimum Gasteiger partial charge on any atom is -0.394 e. The van der Waals surface area contributed by atoms with Crippen LogP contribution in [0.15, 0.2) is 11.6 Å². The molecule has 19 heteroatoms. The molecule has 13 N–H and O–H groups in total. The maximum Gasteiger partial charge on any atom is 0.187 e. The predicted molar refractivity (Wildman–Crippen MR) is 235 cm³/mol. The third kappa shape index (κ3) is 9.24. The maximum absolute atomic E-state index is 12.7. The highest BCUT2D eigenvalue weighted by molar-refractivity contribution is 5.19. The quantitative estimate of drug-likeness (QED) is 0.0762. The minimum atomic E-state index is -1.86. The Morgan fingerprint density at radius 2 is 1.19 bits per heavy atom. The monoisotopic (exact) mass is 963 g/mol. The summed E-state index contributed by atoms with van der Waals surface area (Å²) in [6, 6.07) is 0. The van der Waals surface area contributed by atoms with Gasteiger partial charge in [0.15, 0.2) is 18.9 Å². The van der Waals surface area contributed by atoms with Crippen LogP contribution >= 0.6 is 0 Å². The van der Waals surface area contributed by atoms with E-state index in [9.17, 15) is 66.4 Å². The lowest BCUT2D eigenvalue weighted by molar-refractivity contribution is -0.381. The van der Waals surface area contributed by atoms with Crippen molar-refractivity contribution in [1.29, 1.82) is 0 Å². The molecule has 27 atom stereocenters. The van der Waals surface area contributed by atoms with Crippen molar-refractivity contribution in [3.05, 3.63) is 11.6 Å². The summed E-state index contributed by atoms with van der Waals surface area (Å²) in [5.41, 5.74) is -1.90. The van der Waals surface area contributed by atoms with E-state index in [2.05, 4.69) is 26.8 Å². The van der Waals surface area contributed by atoms with Crippen LogP contribution < -0.4 is 0 Å². The molecular formula is C48H82O19. The summed E-state index contributed by atoms with van der Waals surface area (Å²) in [6.45, 7) is 14.4. The van der Waals surface area contributed by atoms with Crippen molar-refractivity contribution in [2.45, 2.75) is 216 Å². The molecule has 0 aromatic carbocycles. The van der Waals surface area contributed by atoms with Gasteiger partial charge in [-0.1, -0.05) is 46.3 Å². The van der Waals surface area contributed by atoms with Gasteiger partial charge < -0.3 is 94.8 Å². The molecule has 67 heavy (non-hydrogen) atoms. The lowest BCUT2D eigenvalue weighted by Gasteiger charge is -2.68. The summed E-state index contributed by atoms with van der Waals surface area (Å²) in [5.74, 6) is -1.33. The second kappa shape index (κ2) is 20.1. The first-order valence-electron chi connectivity index (χ1n) is 24.5. The molecule has 3 aliphatic heterocycles. The molecule has 19 nitrogen and oxygen atoms in total. The van der Waals surface area contributed by atoms with Gasteiger partial charge in [0, 0.05) is 0 Å². The number of fused-ring (bicyclic) bond motifs is 5. The van der Waals surface area contributed by atoms with Crippen LogP contribution in [0.3, 0.4) is 0 Å². The van der Waals surface area contributed by atoms with Gasteiger partial charge in [0.1, 0.15) is 73.2 Å². The van der Waals surface area contributed by atoms with Crippen molar-refractivity contribution in [2.24, 2.45) is 51.8 Å². The normalized spacial score (nSPS) is 52.9. The van der Waals surface area contributed by atoms with Gasteiger partial charge in [0.25, 0.3) is 0 Å². The van der Waals surface area contributed by atoms with E-state index in [1.54, 1.807) is 0 Å². The Bertz CT molecular complexity index is 1700. The van der Waals surface area contributed by atoms with Crippen molar-refractivity contribution >= 4 is 0 Å². The zero-order valence-electron chi connectivity index (χ0n) is 40.3. The molecule has 0 amide bonds. The van der Waals surface area contributed by atoms with E-state index in [-0.39, 0.29) is 35.5 Å². The van der Waals surface area contributed by atoms with Gasteiger partial charge in [0.05, 0.1) is 43.7 Å². The third-order valence-electron chi connectivity index (χ3n) is 18.5. The van der Waals surface area contributed by atoms with Crippen LogP contribution in [0.4, 0.5) is 0 Å². The molecule has 0 bridgehead atoms. The Morgan fingerprint density at radius 3 is 1.76 bits per heavy atom. The summed E-state index contributed by atoms with van der Waals surface area (Å²) < 4.78 is 37.8. The molecule has 3 saturated heterocycles. The van der Waals surface area contributed by atoms with E-state index in [0.29, 0.717) is 44.9 Å². The first kappa shape index (κ1) is 53.8. The smallest absolute Gasteiger partial charge is 0.187 e. The Hall–Kier alpha value is -1.02. The molecule has 388 valence electrons. The van der Waals surface area contributed by atoms with Crippen molar-refractivity contribution in [2.75, 3.05) is 19.8 Å². The second-order valence-corrected chi connectivity index (χ2v) is 22.9. The van der Waals surface area contributed by atoms with Crippen LogP contribution in [-0.2, 0) is 28.4 Å².